The number of hydrogen-bond donors (Lipinski definition) is 4. The summed E-state index contributed by atoms with van der Waals surface area (Å²) in [6.45, 7) is 0. The smallest absolute Gasteiger partial charge is 0.337 e. The number of aliphatic hydroxyl groups is 1. The molecule has 1 aromatic rings. The van der Waals surface area contributed by atoms with Gasteiger partial charge in [-0.1, -0.05) is 0 Å². The van der Waals surface area contributed by atoms with Crippen molar-refractivity contribution in [3.63, 3.8) is 0 Å². The van der Waals surface area contributed by atoms with Crippen molar-refractivity contribution in [2.75, 3.05) is 7.11 Å². The number of hydrogen-bond acceptors (Lipinski definition) is 5. The number of carboxylic acids is 2. The SMILES string of the molecule is COc1cc(C(=O)O)cc(C(O)C(=O)O)c1O. The zero-order valence-corrected chi connectivity index (χ0v) is 8.75. The molecule has 1 unspecified atom stereocenters. The Hall–Kier alpha value is -2.28. The Morgan fingerprint density at radius 3 is 2.29 bits per heavy atom. The average molecular weight is 242 g/mol. The second-order valence-electron chi connectivity index (χ2n) is 3.16. The fourth-order valence-electron chi connectivity index (χ4n) is 1.25. The Balaban J connectivity index is 3.42. The first-order valence-corrected chi connectivity index (χ1v) is 4.43. The normalized spacial score (nSPS) is 11.9. The van der Waals surface area contributed by atoms with Gasteiger partial charge in [-0.25, -0.2) is 9.59 Å². The Bertz CT molecular complexity index is 466. The van der Waals surface area contributed by atoms with Gasteiger partial charge in [-0.3, -0.25) is 0 Å². The first-order valence-electron chi connectivity index (χ1n) is 4.43. The Morgan fingerprint density at radius 2 is 1.88 bits per heavy atom. The summed E-state index contributed by atoms with van der Waals surface area (Å²) in [5, 5.41) is 36.2. The molecular formula is C10H10O7. The maximum Gasteiger partial charge on any atom is 0.337 e. The molecule has 0 heterocycles. The molecular weight excluding hydrogens is 232 g/mol. The minimum absolute atomic E-state index is 0.222. The molecule has 0 aliphatic carbocycles. The van der Waals surface area contributed by atoms with Crippen molar-refractivity contribution in [2.24, 2.45) is 0 Å². The molecule has 7 nitrogen and oxygen atoms in total. The van der Waals surface area contributed by atoms with Crippen LogP contribution in [0.1, 0.15) is 22.0 Å². The van der Waals surface area contributed by atoms with Crippen molar-refractivity contribution < 1.29 is 34.8 Å². The van der Waals surface area contributed by atoms with Crippen LogP contribution in [0.2, 0.25) is 0 Å². The molecule has 0 aliphatic heterocycles. The highest BCUT2D eigenvalue weighted by Gasteiger charge is 2.24. The van der Waals surface area contributed by atoms with Crippen molar-refractivity contribution in [1.82, 2.24) is 0 Å². The molecule has 0 amide bonds. The number of aliphatic hydroxyl groups excluding tert-OH is 1. The molecule has 0 bridgehead atoms. The lowest BCUT2D eigenvalue weighted by molar-refractivity contribution is -0.147. The van der Waals surface area contributed by atoms with Gasteiger partial charge in [-0.15, -0.1) is 0 Å². The van der Waals surface area contributed by atoms with E-state index in [2.05, 4.69) is 4.74 Å². The van der Waals surface area contributed by atoms with Gasteiger partial charge in [-0.05, 0) is 12.1 Å². The third-order valence-corrected chi connectivity index (χ3v) is 2.10. The number of aliphatic carboxylic acids is 1. The summed E-state index contributed by atoms with van der Waals surface area (Å²) in [5.74, 6) is -3.76. The third kappa shape index (κ3) is 2.45. The van der Waals surface area contributed by atoms with Gasteiger partial charge in [0, 0.05) is 5.56 Å². The molecule has 0 aromatic heterocycles. The largest absolute Gasteiger partial charge is 0.504 e. The zero-order valence-electron chi connectivity index (χ0n) is 8.75. The summed E-state index contributed by atoms with van der Waals surface area (Å²) in [7, 11) is 1.18. The second-order valence-corrected chi connectivity index (χ2v) is 3.16. The van der Waals surface area contributed by atoms with Crippen molar-refractivity contribution in [3.05, 3.63) is 23.3 Å². The van der Waals surface area contributed by atoms with Crippen LogP contribution in [-0.4, -0.2) is 39.5 Å². The third-order valence-electron chi connectivity index (χ3n) is 2.10. The average Bonchev–Trinajstić information content (AvgIpc) is 2.27. The van der Waals surface area contributed by atoms with E-state index in [4.69, 9.17) is 10.2 Å². The van der Waals surface area contributed by atoms with Crippen LogP contribution in [0.3, 0.4) is 0 Å². The van der Waals surface area contributed by atoms with Gasteiger partial charge >= 0.3 is 11.9 Å². The standard InChI is InChI=1S/C10H10O7/c1-17-6-3-4(9(13)14)2-5(7(6)11)8(12)10(15)16/h2-3,8,11-12H,1H3,(H,13,14)(H,15,16). The van der Waals surface area contributed by atoms with E-state index in [1.807, 2.05) is 0 Å². The van der Waals surface area contributed by atoms with E-state index >= 15 is 0 Å². The molecule has 17 heavy (non-hydrogen) atoms. The summed E-state index contributed by atoms with van der Waals surface area (Å²) >= 11 is 0. The molecule has 4 N–H and O–H groups in total. The number of rotatable bonds is 4. The van der Waals surface area contributed by atoms with Gasteiger partial charge in [0.15, 0.2) is 17.6 Å². The maximum absolute atomic E-state index is 10.8. The number of ether oxygens (including phenoxy) is 1. The predicted molar refractivity (Wildman–Crippen MR) is 54.2 cm³/mol. The van der Waals surface area contributed by atoms with E-state index < -0.39 is 29.4 Å². The number of carbonyl (C=O) groups is 2. The van der Waals surface area contributed by atoms with Crippen LogP contribution in [-0.2, 0) is 4.79 Å². The quantitative estimate of drug-likeness (QED) is 0.595. The molecule has 1 rings (SSSR count). The van der Waals surface area contributed by atoms with Crippen molar-refractivity contribution >= 4 is 11.9 Å². The number of benzene rings is 1. The number of aromatic hydroxyl groups is 1. The number of phenols is 1. The van der Waals surface area contributed by atoms with Gasteiger partial charge in [0.2, 0.25) is 0 Å². The van der Waals surface area contributed by atoms with Gasteiger partial charge in [0.05, 0.1) is 12.7 Å². The van der Waals surface area contributed by atoms with Crippen LogP contribution >= 0.6 is 0 Å². The van der Waals surface area contributed by atoms with Gasteiger partial charge in [-0.2, -0.15) is 0 Å². The van der Waals surface area contributed by atoms with Crippen LogP contribution < -0.4 is 4.74 Å². The lowest BCUT2D eigenvalue weighted by atomic mass is 10.0. The van der Waals surface area contributed by atoms with Crippen LogP contribution in [0, 0.1) is 0 Å². The van der Waals surface area contributed by atoms with Gasteiger partial charge in [0.25, 0.3) is 0 Å². The minimum atomic E-state index is -2.02. The highest BCUT2D eigenvalue weighted by molar-refractivity contribution is 5.89. The van der Waals surface area contributed by atoms with Crippen LogP contribution in [0.4, 0.5) is 0 Å². The first-order chi connectivity index (χ1) is 7.88. The molecule has 1 atom stereocenters. The molecule has 0 fully saturated rings. The van der Waals surface area contributed by atoms with Crippen molar-refractivity contribution in [2.45, 2.75) is 6.10 Å². The Kier molecular flexibility index (Phi) is 3.54. The zero-order chi connectivity index (χ0) is 13.2. The van der Waals surface area contributed by atoms with E-state index in [0.29, 0.717) is 0 Å². The lowest BCUT2D eigenvalue weighted by Crippen LogP contribution is -2.12. The molecule has 92 valence electrons. The summed E-state index contributed by atoms with van der Waals surface area (Å²) in [6.07, 6.45) is -2.02. The molecule has 0 spiro atoms. The minimum Gasteiger partial charge on any atom is -0.504 e. The summed E-state index contributed by atoms with van der Waals surface area (Å²) in [5.41, 5.74) is -0.732. The van der Waals surface area contributed by atoms with E-state index in [1.54, 1.807) is 0 Å². The van der Waals surface area contributed by atoms with E-state index in [0.717, 1.165) is 12.1 Å². The molecule has 0 aliphatic rings. The maximum atomic E-state index is 10.8. The predicted octanol–water partition coefficient (Wildman–Crippen LogP) is 0.217. The molecule has 0 saturated carbocycles. The Morgan fingerprint density at radius 1 is 1.29 bits per heavy atom. The first kappa shape index (κ1) is 12.8. The summed E-state index contributed by atoms with van der Waals surface area (Å²) in [4.78, 5) is 21.3. The van der Waals surface area contributed by atoms with Crippen molar-refractivity contribution in [3.8, 4) is 11.5 Å². The van der Waals surface area contributed by atoms with Gasteiger partial charge < -0.3 is 25.2 Å². The fourth-order valence-corrected chi connectivity index (χ4v) is 1.25. The van der Waals surface area contributed by atoms with E-state index in [-0.39, 0.29) is 11.3 Å². The highest BCUT2D eigenvalue weighted by atomic mass is 16.5. The van der Waals surface area contributed by atoms with Crippen LogP contribution in [0.5, 0.6) is 11.5 Å². The summed E-state index contributed by atoms with van der Waals surface area (Å²) in [6, 6.07) is 1.90. The van der Waals surface area contributed by atoms with Crippen molar-refractivity contribution in [1.29, 1.82) is 0 Å². The van der Waals surface area contributed by atoms with E-state index in [1.165, 1.54) is 7.11 Å². The monoisotopic (exact) mass is 242 g/mol. The molecule has 0 radical (unpaired) electrons. The van der Waals surface area contributed by atoms with Crippen LogP contribution in [0.15, 0.2) is 12.1 Å². The number of methoxy groups -OCH3 is 1. The second kappa shape index (κ2) is 4.71. The number of phenolic OH excluding ortho intramolecular Hbond substituents is 1. The topological polar surface area (TPSA) is 124 Å². The number of aromatic carboxylic acids is 1. The number of carboxylic acid groups (broad SMARTS) is 2. The highest BCUT2D eigenvalue weighted by Crippen LogP contribution is 2.35. The van der Waals surface area contributed by atoms with E-state index in [9.17, 15) is 19.8 Å². The fraction of sp³-hybridized carbons (Fsp3) is 0.200. The van der Waals surface area contributed by atoms with Crippen LogP contribution in [0.25, 0.3) is 0 Å². The molecule has 1 aromatic carbocycles. The summed E-state index contributed by atoms with van der Waals surface area (Å²) < 4.78 is 4.69. The molecule has 0 saturated heterocycles. The van der Waals surface area contributed by atoms with Gasteiger partial charge in [0.1, 0.15) is 0 Å². The lowest BCUT2D eigenvalue weighted by Gasteiger charge is -2.12. The Labute approximate surface area is 95.5 Å². The molecule has 7 heteroatoms.